The Hall–Kier alpha value is -3.79. The average molecular weight is 513 g/mol. The first-order valence-corrected chi connectivity index (χ1v) is 12.3. The Balaban J connectivity index is 1.59. The molecule has 0 saturated carbocycles. The first-order valence-electron chi connectivity index (χ1n) is 12.3. The lowest BCUT2D eigenvalue weighted by molar-refractivity contribution is -0.139. The van der Waals surface area contributed by atoms with E-state index in [1.165, 1.54) is 47.4 Å². The minimum atomic E-state index is -0.797. The highest BCUT2D eigenvalue weighted by molar-refractivity contribution is 5.95. The minimum Gasteiger partial charge on any atom is -0.463 e. The maximum Gasteiger partial charge on any atom is 0.338 e. The Morgan fingerprint density at radius 1 is 1.00 bits per heavy atom. The molecule has 0 unspecified atom stereocenters. The fraction of sp³-hybridized carbons (Fsp3) is 0.370. The summed E-state index contributed by atoms with van der Waals surface area (Å²) in [6, 6.07) is 10.4. The third kappa shape index (κ3) is 5.64. The second-order valence-electron chi connectivity index (χ2n) is 8.81. The van der Waals surface area contributed by atoms with E-state index in [9.17, 15) is 23.2 Å². The van der Waals surface area contributed by atoms with E-state index >= 15 is 0 Å². The van der Waals surface area contributed by atoms with Crippen LogP contribution >= 0.6 is 0 Å². The molecule has 2 aliphatic rings. The predicted molar refractivity (Wildman–Crippen MR) is 132 cm³/mol. The highest BCUT2D eigenvalue weighted by Crippen LogP contribution is 2.32. The third-order valence-corrected chi connectivity index (χ3v) is 6.59. The summed E-state index contributed by atoms with van der Waals surface area (Å²) in [5.41, 5.74) is 1.39. The molecule has 3 amide bonds. The summed E-state index contributed by atoms with van der Waals surface area (Å²) in [6.45, 7) is 5.95. The lowest BCUT2D eigenvalue weighted by Gasteiger charge is -2.40. The maximum absolute atomic E-state index is 14.1. The SMILES string of the molecule is CCOC(=O)C1=C(CN2CCN(C(=O)c3ccccc3F)CC2)N(CC)C(=O)N[C@@H]1c1ccc(F)cc1. The van der Waals surface area contributed by atoms with Crippen molar-refractivity contribution in [1.29, 1.82) is 0 Å². The number of likely N-dealkylation sites (N-methyl/N-ethyl adjacent to an activating group) is 1. The zero-order valence-electron chi connectivity index (χ0n) is 20.9. The number of halogens is 2. The minimum absolute atomic E-state index is 0.0338. The third-order valence-electron chi connectivity index (χ3n) is 6.59. The summed E-state index contributed by atoms with van der Waals surface area (Å²) in [5.74, 6) is -1.91. The highest BCUT2D eigenvalue weighted by atomic mass is 19.1. The standard InChI is InChI=1S/C27H30F2N4O4/c1-3-33-22(17-31-13-15-32(16-14-31)25(34)20-7-5-6-8-21(20)29)23(26(35)37-4-2)24(30-27(33)36)18-9-11-19(28)12-10-18/h5-12,24H,3-4,13-17H2,1-2H3,(H,30,36)/t24-/m1/s1. The molecular formula is C27H30F2N4O4. The summed E-state index contributed by atoms with van der Waals surface area (Å²) in [6.07, 6.45) is 0. The van der Waals surface area contributed by atoms with Crippen LogP contribution in [0.2, 0.25) is 0 Å². The fourth-order valence-electron chi connectivity index (χ4n) is 4.69. The highest BCUT2D eigenvalue weighted by Gasteiger charge is 2.38. The van der Waals surface area contributed by atoms with Gasteiger partial charge in [0.25, 0.3) is 5.91 Å². The molecule has 2 aromatic carbocycles. The lowest BCUT2D eigenvalue weighted by Crippen LogP contribution is -2.53. The van der Waals surface area contributed by atoms with Gasteiger partial charge in [-0.05, 0) is 43.7 Å². The molecule has 8 nitrogen and oxygen atoms in total. The number of carbonyl (C=O) groups excluding carboxylic acids is 3. The molecule has 0 aromatic heterocycles. The van der Waals surface area contributed by atoms with Crippen molar-refractivity contribution in [2.75, 3.05) is 45.9 Å². The van der Waals surface area contributed by atoms with Crippen LogP contribution in [0.3, 0.4) is 0 Å². The van der Waals surface area contributed by atoms with Gasteiger partial charge in [0.1, 0.15) is 11.6 Å². The Morgan fingerprint density at radius 3 is 2.30 bits per heavy atom. The van der Waals surface area contributed by atoms with Crippen molar-refractivity contribution in [1.82, 2.24) is 20.0 Å². The molecule has 37 heavy (non-hydrogen) atoms. The molecule has 0 radical (unpaired) electrons. The van der Waals surface area contributed by atoms with Crippen LogP contribution in [0.5, 0.6) is 0 Å². The molecule has 2 aromatic rings. The molecule has 1 atom stereocenters. The van der Waals surface area contributed by atoms with Crippen molar-refractivity contribution in [3.05, 3.63) is 82.6 Å². The topological polar surface area (TPSA) is 82.2 Å². The average Bonchev–Trinajstić information content (AvgIpc) is 2.89. The number of ether oxygens (including phenoxy) is 1. The number of piperazine rings is 1. The monoisotopic (exact) mass is 512 g/mol. The Bertz CT molecular complexity index is 1190. The van der Waals surface area contributed by atoms with Gasteiger partial charge in [-0.2, -0.15) is 0 Å². The quantitative estimate of drug-likeness (QED) is 0.576. The van der Waals surface area contributed by atoms with Gasteiger partial charge in [-0.25, -0.2) is 18.4 Å². The number of carbonyl (C=O) groups is 3. The summed E-state index contributed by atoms with van der Waals surface area (Å²) in [7, 11) is 0. The van der Waals surface area contributed by atoms with Gasteiger partial charge < -0.3 is 15.0 Å². The van der Waals surface area contributed by atoms with E-state index in [4.69, 9.17) is 4.74 Å². The Morgan fingerprint density at radius 2 is 1.68 bits per heavy atom. The van der Waals surface area contributed by atoms with E-state index in [-0.39, 0.29) is 30.7 Å². The van der Waals surface area contributed by atoms with Crippen LogP contribution in [-0.4, -0.2) is 78.5 Å². The van der Waals surface area contributed by atoms with E-state index in [2.05, 4.69) is 5.32 Å². The van der Waals surface area contributed by atoms with Gasteiger partial charge in [0.2, 0.25) is 0 Å². The molecule has 0 bridgehead atoms. The van der Waals surface area contributed by atoms with Crippen molar-refractivity contribution < 1.29 is 27.9 Å². The van der Waals surface area contributed by atoms with Crippen LogP contribution in [0.25, 0.3) is 0 Å². The summed E-state index contributed by atoms with van der Waals surface area (Å²) >= 11 is 0. The zero-order chi connectivity index (χ0) is 26.5. The number of benzene rings is 2. The molecule has 4 rings (SSSR count). The number of hydrogen-bond donors (Lipinski definition) is 1. The van der Waals surface area contributed by atoms with Crippen molar-refractivity contribution in [3.8, 4) is 0 Å². The van der Waals surface area contributed by atoms with Gasteiger partial charge in [-0.1, -0.05) is 24.3 Å². The van der Waals surface area contributed by atoms with Gasteiger partial charge in [0, 0.05) is 45.0 Å². The molecule has 1 saturated heterocycles. The van der Waals surface area contributed by atoms with Crippen molar-refractivity contribution in [3.63, 3.8) is 0 Å². The molecule has 10 heteroatoms. The van der Waals surface area contributed by atoms with Crippen LogP contribution in [0.1, 0.15) is 35.8 Å². The van der Waals surface area contributed by atoms with Crippen LogP contribution < -0.4 is 5.32 Å². The molecule has 0 spiro atoms. The normalized spacial score (nSPS) is 18.6. The first kappa shape index (κ1) is 26.3. The van der Waals surface area contributed by atoms with Crippen molar-refractivity contribution >= 4 is 17.9 Å². The molecule has 1 N–H and O–H groups in total. The van der Waals surface area contributed by atoms with Gasteiger partial charge in [0.15, 0.2) is 0 Å². The second kappa shape index (κ2) is 11.5. The zero-order valence-corrected chi connectivity index (χ0v) is 20.9. The van der Waals surface area contributed by atoms with Gasteiger partial charge >= 0.3 is 12.0 Å². The van der Waals surface area contributed by atoms with Crippen LogP contribution in [0.4, 0.5) is 13.6 Å². The van der Waals surface area contributed by atoms with Crippen LogP contribution in [0, 0.1) is 11.6 Å². The van der Waals surface area contributed by atoms with E-state index in [0.717, 1.165) is 0 Å². The van der Waals surface area contributed by atoms with Crippen LogP contribution in [0.15, 0.2) is 59.8 Å². The Labute approximate surface area is 214 Å². The van der Waals surface area contributed by atoms with Gasteiger partial charge in [0.05, 0.1) is 23.8 Å². The van der Waals surface area contributed by atoms with Crippen molar-refractivity contribution in [2.24, 2.45) is 0 Å². The number of rotatable bonds is 7. The van der Waals surface area contributed by atoms with E-state index in [1.807, 2.05) is 11.8 Å². The van der Waals surface area contributed by atoms with E-state index in [1.54, 1.807) is 17.9 Å². The van der Waals surface area contributed by atoms with E-state index in [0.29, 0.717) is 49.6 Å². The molecular weight excluding hydrogens is 482 g/mol. The summed E-state index contributed by atoms with van der Waals surface area (Å²) in [4.78, 5) is 44.1. The molecule has 2 aliphatic heterocycles. The largest absolute Gasteiger partial charge is 0.463 e. The number of nitrogens with zero attached hydrogens (tertiary/aromatic N) is 3. The van der Waals surface area contributed by atoms with Crippen LogP contribution in [-0.2, 0) is 9.53 Å². The predicted octanol–water partition coefficient (Wildman–Crippen LogP) is 3.33. The van der Waals surface area contributed by atoms with Crippen molar-refractivity contribution in [2.45, 2.75) is 19.9 Å². The number of amides is 3. The smallest absolute Gasteiger partial charge is 0.338 e. The number of hydrogen-bond acceptors (Lipinski definition) is 5. The van der Waals surface area contributed by atoms with Gasteiger partial charge in [-0.15, -0.1) is 0 Å². The maximum atomic E-state index is 14.1. The second-order valence-corrected chi connectivity index (χ2v) is 8.81. The number of urea groups is 1. The fourth-order valence-corrected chi connectivity index (χ4v) is 4.69. The lowest BCUT2D eigenvalue weighted by atomic mass is 9.94. The number of nitrogens with one attached hydrogen (secondary N) is 1. The first-order chi connectivity index (χ1) is 17.8. The molecule has 196 valence electrons. The summed E-state index contributed by atoms with van der Waals surface area (Å²) < 4.78 is 33.0. The molecule has 2 heterocycles. The molecule has 1 fully saturated rings. The van der Waals surface area contributed by atoms with E-state index < -0.39 is 23.6 Å². The number of esters is 1. The summed E-state index contributed by atoms with van der Waals surface area (Å²) in [5, 5.41) is 2.85. The molecule has 0 aliphatic carbocycles. The Kier molecular flexibility index (Phi) is 8.17. The van der Waals surface area contributed by atoms with Gasteiger partial charge in [-0.3, -0.25) is 14.6 Å².